The van der Waals surface area contributed by atoms with Gasteiger partial charge in [-0.25, -0.2) is 4.98 Å². The molecule has 18 heavy (non-hydrogen) atoms. The Morgan fingerprint density at radius 2 is 1.83 bits per heavy atom. The molecule has 2 aromatic rings. The molecule has 0 atom stereocenters. The number of aromatic nitrogens is 1. The average Bonchev–Trinajstić information content (AvgIpc) is 2.69. The predicted molar refractivity (Wildman–Crippen MR) is 62.0 cm³/mol. The molecule has 0 bridgehead atoms. The lowest BCUT2D eigenvalue weighted by atomic mass is 10.1. The van der Waals surface area contributed by atoms with Gasteiger partial charge in [-0.05, 0) is 19.1 Å². The molecule has 0 spiro atoms. The van der Waals surface area contributed by atoms with E-state index < -0.39 is 11.7 Å². The first-order chi connectivity index (χ1) is 8.41. The largest absolute Gasteiger partial charge is 0.416 e. The minimum Gasteiger partial charge on any atom is -0.240 e. The summed E-state index contributed by atoms with van der Waals surface area (Å²) in [7, 11) is 0. The fourth-order valence-electron chi connectivity index (χ4n) is 1.43. The average molecular weight is 268 g/mol. The first-order valence-corrected chi connectivity index (χ1v) is 5.78. The maximum absolute atomic E-state index is 12.4. The van der Waals surface area contributed by atoms with E-state index in [2.05, 4.69) is 4.98 Å². The lowest BCUT2D eigenvalue weighted by Crippen LogP contribution is -2.03. The Morgan fingerprint density at radius 1 is 1.22 bits per heavy atom. The van der Waals surface area contributed by atoms with Crippen LogP contribution in [0.2, 0.25) is 0 Å². The molecule has 0 fully saturated rings. The maximum Gasteiger partial charge on any atom is 0.416 e. The number of nitrogens with zero attached hydrogens (tertiary/aromatic N) is 2. The number of alkyl halides is 3. The Hall–Kier alpha value is -1.87. The summed E-state index contributed by atoms with van der Waals surface area (Å²) in [6, 6.07) is 6.75. The van der Waals surface area contributed by atoms with Gasteiger partial charge in [0.15, 0.2) is 0 Å². The van der Waals surface area contributed by atoms with Gasteiger partial charge >= 0.3 is 6.18 Å². The molecule has 0 saturated heterocycles. The third-order valence-corrected chi connectivity index (χ3v) is 3.47. The summed E-state index contributed by atoms with van der Waals surface area (Å²) < 4.78 is 37.2. The van der Waals surface area contributed by atoms with Crippen LogP contribution in [0, 0.1) is 18.3 Å². The lowest BCUT2D eigenvalue weighted by molar-refractivity contribution is -0.137. The van der Waals surface area contributed by atoms with E-state index in [0.29, 0.717) is 21.1 Å². The van der Waals surface area contributed by atoms with E-state index in [9.17, 15) is 13.2 Å². The van der Waals surface area contributed by atoms with Crippen LogP contribution >= 0.6 is 11.3 Å². The molecule has 2 rings (SSSR count). The van der Waals surface area contributed by atoms with Crippen molar-refractivity contribution in [2.75, 3.05) is 0 Å². The number of aryl methyl sites for hydroxylation is 1. The monoisotopic (exact) mass is 268 g/mol. The van der Waals surface area contributed by atoms with Gasteiger partial charge in [-0.2, -0.15) is 18.4 Å². The van der Waals surface area contributed by atoms with Gasteiger partial charge < -0.3 is 0 Å². The maximum atomic E-state index is 12.4. The summed E-state index contributed by atoms with van der Waals surface area (Å²) in [5.41, 5.74) is 0.482. The van der Waals surface area contributed by atoms with Crippen LogP contribution in [-0.2, 0) is 6.18 Å². The molecule has 92 valence electrons. The van der Waals surface area contributed by atoms with E-state index in [1.807, 2.05) is 6.07 Å². The second-order valence-electron chi connectivity index (χ2n) is 3.62. The zero-order chi connectivity index (χ0) is 13.3. The lowest BCUT2D eigenvalue weighted by Gasteiger charge is -2.06. The van der Waals surface area contributed by atoms with Gasteiger partial charge in [0.25, 0.3) is 0 Å². The Balaban J connectivity index is 2.38. The first-order valence-electron chi connectivity index (χ1n) is 4.97. The van der Waals surface area contributed by atoms with Crippen LogP contribution in [-0.4, -0.2) is 4.98 Å². The SMILES string of the molecule is Cc1nc(-c2ccc(C(F)(F)F)cc2)sc1C#N. The minimum atomic E-state index is -4.34. The highest BCUT2D eigenvalue weighted by atomic mass is 32.1. The fraction of sp³-hybridized carbons (Fsp3) is 0.167. The molecular weight excluding hydrogens is 261 g/mol. The van der Waals surface area contributed by atoms with Crippen molar-refractivity contribution in [1.82, 2.24) is 4.98 Å². The summed E-state index contributed by atoms with van der Waals surface area (Å²) in [4.78, 5) is 4.64. The normalized spacial score (nSPS) is 11.3. The molecule has 1 heterocycles. The Kier molecular flexibility index (Phi) is 3.09. The van der Waals surface area contributed by atoms with E-state index in [4.69, 9.17) is 5.26 Å². The van der Waals surface area contributed by atoms with Crippen molar-refractivity contribution in [3.05, 3.63) is 40.4 Å². The standard InChI is InChI=1S/C12H7F3N2S/c1-7-10(6-16)18-11(17-7)8-2-4-9(5-3-8)12(13,14)15/h2-5H,1H3. The van der Waals surface area contributed by atoms with Crippen molar-refractivity contribution in [2.24, 2.45) is 0 Å². The van der Waals surface area contributed by atoms with Gasteiger partial charge in [0.1, 0.15) is 16.0 Å². The van der Waals surface area contributed by atoms with Gasteiger partial charge in [0, 0.05) is 5.56 Å². The number of benzene rings is 1. The van der Waals surface area contributed by atoms with Gasteiger partial charge in [-0.1, -0.05) is 12.1 Å². The molecule has 0 amide bonds. The molecule has 6 heteroatoms. The van der Waals surface area contributed by atoms with Crippen LogP contribution in [0.5, 0.6) is 0 Å². The van der Waals surface area contributed by atoms with Crippen LogP contribution in [0.3, 0.4) is 0 Å². The second kappa shape index (κ2) is 4.42. The van der Waals surface area contributed by atoms with Crippen molar-refractivity contribution < 1.29 is 13.2 Å². The van der Waals surface area contributed by atoms with E-state index in [1.165, 1.54) is 23.5 Å². The van der Waals surface area contributed by atoms with Gasteiger partial charge in [0.2, 0.25) is 0 Å². The smallest absolute Gasteiger partial charge is 0.240 e. The summed E-state index contributed by atoms with van der Waals surface area (Å²) in [5, 5.41) is 9.35. The van der Waals surface area contributed by atoms with Crippen LogP contribution < -0.4 is 0 Å². The molecule has 1 aromatic heterocycles. The molecule has 0 aliphatic rings. The number of hydrogen-bond donors (Lipinski definition) is 0. The summed E-state index contributed by atoms with van der Waals surface area (Å²) in [5.74, 6) is 0. The highest BCUT2D eigenvalue weighted by Crippen LogP contribution is 2.32. The summed E-state index contributed by atoms with van der Waals surface area (Å²) in [6.45, 7) is 1.70. The molecule has 0 aliphatic heterocycles. The Bertz CT molecular complexity index is 606. The van der Waals surface area contributed by atoms with E-state index in [0.717, 1.165) is 12.1 Å². The van der Waals surface area contributed by atoms with Crippen LogP contribution in [0.25, 0.3) is 10.6 Å². The third kappa shape index (κ3) is 2.36. The van der Waals surface area contributed by atoms with Crippen molar-refractivity contribution in [3.63, 3.8) is 0 Å². The van der Waals surface area contributed by atoms with Crippen LogP contribution in [0.15, 0.2) is 24.3 Å². The van der Waals surface area contributed by atoms with Crippen molar-refractivity contribution in [1.29, 1.82) is 5.26 Å². The Labute approximate surface area is 105 Å². The molecule has 1 aromatic carbocycles. The van der Waals surface area contributed by atoms with Crippen LogP contribution in [0.1, 0.15) is 16.1 Å². The molecule has 0 radical (unpaired) electrons. The number of hydrogen-bond acceptors (Lipinski definition) is 3. The van der Waals surface area contributed by atoms with Gasteiger partial charge in [0.05, 0.1) is 11.3 Å². The first kappa shape index (κ1) is 12.6. The summed E-state index contributed by atoms with van der Waals surface area (Å²) in [6.07, 6.45) is -4.34. The van der Waals surface area contributed by atoms with Gasteiger partial charge in [-0.15, -0.1) is 11.3 Å². The molecule has 0 aliphatic carbocycles. The van der Waals surface area contributed by atoms with E-state index >= 15 is 0 Å². The molecule has 0 N–H and O–H groups in total. The molecular formula is C12H7F3N2S. The summed E-state index contributed by atoms with van der Waals surface area (Å²) >= 11 is 1.17. The fourth-order valence-corrected chi connectivity index (χ4v) is 2.29. The number of nitriles is 1. The number of rotatable bonds is 1. The van der Waals surface area contributed by atoms with Crippen molar-refractivity contribution in [2.45, 2.75) is 13.1 Å². The highest BCUT2D eigenvalue weighted by Gasteiger charge is 2.30. The minimum absolute atomic E-state index is 0.477. The second-order valence-corrected chi connectivity index (χ2v) is 4.62. The van der Waals surface area contributed by atoms with E-state index in [1.54, 1.807) is 6.92 Å². The molecule has 0 unspecified atom stereocenters. The zero-order valence-electron chi connectivity index (χ0n) is 9.25. The quantitative estimate of drug-likeness (QED) is 0.783. The highest BCUT2D eigenvalue weighted by molar-refractivity contribution is 7.15. The molecule has 0 saturated carbocycles. The van der Waals surface area contributed by atoms with Gasteiger partial charge in [-0.3, -0.25) is 0 Å². The predicted octanol–water partition coefficient (Wildman–Crippen LogP) is 4.01. The topological polar surface area (TPSA) is 36.7 Å². The molecule has 2 nitrogen and oxygen atoms in total. The van der Waals surface area contributed by atoms with E-state index in [-0.39, 0.29) is 0 Å². The number of halogens is 3. The van der Waals surface area contributed by atoms with Crippen molar-refractivity contribution >= 4 is 11.3 Å². The number of thiazole rings is 1. The van der Waals surface area contributed by atoms with Crippen LogP contribution in [0.4, 0.5) is 13.2 Å². The Morgan fingerprint density at radius 3 is 2.28 bits per heavy atom. The van der Waals surface area contributed by atoms with Crippen molar-refractivity contribution in [3.8, 4) is 16.6 Å². The third-order valence-electron chi connectivity index (χ3n) is 2.36. The zero-order valence-corrected chi connectivity index (χ0v) is 10.1.